The number of fused-ring (bicyclic) bond motifs is 1. The second-order valence-corrected chi connectivity index (χ2v) is 6.16. The number of hydrogen-bond acceptors (Lipinski definition) is 3. The number of amides is 1. The van der Waals surface area contributed by atoms with Crippen LogP contribution >= 0.6 is 0 Å². The Balaban J connectivity index is 1.83. The summed E-state index contributed by atoms with van der Waals surface area (Å²) in [7, 11) is 0. The molecule has 5 heteroatoms. The Labute approximate surface area is 128 Å². The number of aryl methyl sites for hydroxylation is 1. The van der Waals surface area contributed by atoms with Gasteiger partial charge in [0.1, 0.15) is 5.58 Å². The largest absolute Gasteiger partial charge is 0.481 e. The van der Waals surface area contributed by atoms with Crippen molar-refractivity contribution >= 4 is 22.8 Å². The van der Waals surface area contributed by atoms with Crippen LogP contribution in [-0.4, -0.2) is 22.5 Å². The van der Waals surface area contributed by atoms with Crippen LogP contribution in [0.2, 0.25) is 0 Å². The molecular weight excluding hydrogens is 282 g/mol. The van der Waals surface area contributed by atoms with Gasteiger partial charge in [-0.25, -0.2) is 0 Å². The zero-order chi connectivity index (χ0) is 15.7. The lowest BCUT2D eigenvalue weighted by Crippen LogP contribution is -2.47. The molecule has 5 nitrogen and oxygen atoms in total. The minimum Gasteiger partial charge on any atom is -0.481 e. The van der Waals surface area contributed by atoms with Gasteiger partial charge in [0, 0.05) is 5.39 Å². The van der Waals surface area contributed by atoms with Crippen LogP contribution in [0.15, 0.2) is 28.7 Å². The van der Waals surface area contributed by atoms with Gasteiger partial charge < -0.3 is 14.8 Å². The molecule has 0 saturated heterocycles. The minimum atomic E-state index is -0.887. The van der Waals surface area contributed by atoms with Crippen molar-refractivity contribution in [3.8, 4) is 0 Å². The third kappa shape index (κ3) is 2.84. The fraction of sp³-hybridized carbons (Fsp3) is 0.412. The van der Waals surface area contributed by atoms with Crippen molar-refractivity contribution in [2.45, 2.75) is 44.6 Å². The van der Waals surface area contributed by atoms with E-state index in [1.165, 1.54) is 0 Å². The maximum absolute atomic E-state index is 12.4. The van der Waals surface area contributed by atoms with Gasteiger partial charge in [0.25, 0.3) is 5.91 Å². The van der Waals surface area contributed by atoms with Gasteiger partial charge in [-0.05, 0) is 38.0 Å². The Kier molecular flexibility index (Phi) is 3.64. The van der Waals surface area contributed by atoms with Gasteiger partial charge in [-0.2, -0.15) is 0 Å². The van der Waals surface area contributed by atoms with Gasteiger partial charge in [-0.3, -0.25) is 9.59 Å². The third-order valence-electron chi connectivity index (χ3n) is 4.32. The number of rotatable bonds is 4. The van der Waals surface area contributed by atoms with E-state index in [1.54, 1.807) is 6.07 Å². The smallest absolute Gasteiger partial charge is 0.305 e. The van der Waals surface area contributed by atoms with Crippen molar-refractivity contribution in [1.29, 1.82) is 0 Å². The predicted molar refractivity (Wildman–Crippen MR) is 81.9 cm³/mol. The summed E-state index contributed by atoms with van der Waals surface area (Å²) in [5, 5.41) is 12.9. The maximum atomic E-state index is 12.4. The number of carbonyl (C=O) groups is 2. The van der Waals surface area contributed by atoms with Crippen LogP contribution in [-0.2, 0) is 4.79 Å². The predicted octanol–water partition coefficient (Wildman–Crippen LogP) is 3.26. The van der Waals surface area contributed by atoms with Crippen molar-refractivity contribution in [3.63, 3.8) is 0 Å². The number of aliphatic carboxylic acids is 1. The molecule has 116 valence electrons. The standard InChI is InChI=1S/C17H19NO4/c1-11-4-5-13-12(8-11)9-14(22-13)16(21)18-17(10-15(19)20)6-2-3-7-17/h4-5,8-9H,2-3,6-7,10H2,1H3,(H,18,21)(H,19,20). The van der Waals surface area contributed by atoms with Gasteiger partial charge in [0.2, 0.25) is 0 Å². The van der Waals surface area contributed by atoms with Crippen molar-refractivity contribution in [3.05, 3.63) is 35.6 Å². The normalized spacial score (nSPS) is 16.8. The van der Waals surface area contributed by atoms with Crippen LogP contribution < -0.4 is 5.32 Å². The summed E-state index contributed by atoms with van der Waals surface area (Å²) in [5.41, 5.74) is 1.12. The first-order chi connectivity index (χ1) is 10.5. The molecule has 1 aliphatic carbocycles. The molecule has 2 N–H and O–H groups in total. The highest BCUT2D eigenvalue weighted by atomic mass is 16.4. The minimum absolute atomic E-state index is 0.0436. The number of benzene rings is 1. The first-order valence-electron chi connectivity index (χ1n) is 7.52. The SMILES string of the molecule is Cc1ccc2oc(C(=O)NC3(CC(=O)O)CCCC3)cc2c1. The molecule has 1 aliphatic rings. The summed E-state index contributed by atoms with van der Waals surface area (Å²) in [6, 6.07) is 7.43. The molecular formula is C17H19NO4. The van der Waals surface area contributed by atoms with E-state index in [0.717, 1.165) is 23.8 Å². The van der Waals surface area contributed by atoms with Gasteiger partial charge in [-0.1, -0.05) is 24.5 Å². The molecule has 1 aromatic heterocycles. The molecule has 0 radical (unpaired) electrons. The number of furan rings is 1. The van der Waals surface area contributed by atoms with Crippen LogP contribution in [0.5, 0.6) is 0 Å². The van der Waals surface area contributed by atoms with E-state index < -0.39 is 11.5 Å². The maximum Gasteiger partial charge on any atom is 0.305 e. The number of nitrogens with one attached hydrogen (secondary N) is 1. The molecule has 3 rings (SSSR count). The number of carbonyl (C=O) groups excluding carboxylic acids is 1. The zero-order valence-corrected chi connectivity index (χ0v) is 12.5. The van der Waals surface area contributed by atoms with Gasteiger partial charge in [0.05, 0.1) is 12.0 Å². The average molecular weight is 301 g/mol. The first kappa shape index (κ1) is 14.6. The van der Waals surface area contributed by atoms with Crippen LogP contribution in [0.1, 0.15) is 48.2 Å². The molecule has 1 aromatic carbocycles. The quantitative estimate of drug-likeness (QED) is 0.908. The van der Waals surface area contributed by atoms with E-state index in [9.17, 15) is 9.59 Å². The summed E-state index contributed by atoms with van der Waals surface area (Å²) in [4.78, 5) is 23.5. The lowest BCUT2D eigenvalue weighted by molar-refractivity contribution is -0.138. The van der Waals surface area contributed by atoms with Crippen LogP contribution in [0.3, 0.4) is 0 Å². The molecule has 1 heterocycles. The van der Waals surface area contributed by atoms with Crippen molar-refractivity contribution in [2.24, 2.45) is 0 Å². The second kappa shape index (κ2) is 5.48. The molecule has 0 aliphatic heterocycles. The molecule has 2 aromatic rings. The Morgan fingerprint density at radius 1 is 1.27 bits per heavy atom. The first-order valence-corrected chi connectivity index (χ1v) is 7.52. The number of carboxylic acid groups (broad SMARTS) is 1. The molecule has 22 heavy (non-hydrogen) atoms. The number of carboxylic acids is 1. The Bertz CT molecular complexity index is 725. The van der Waals surface area contributed by atoms with Crippen molar-refractivity contribution in [1.82, 2.24) is 5.32 Å². The third-order valence-corrected chi connectivity index (χ3v) is 4.32. The molecule has 1 amide bonds. The lowest BCUT2D eigenvalue weighted by Gasteiger charge is -2.28. The van der Waals surface area contributed by atoms with Crippen molar-refractivity contribution in [2.75, 3.05) is 0 Å². The van der Waals surface area contributed by atoms with Gasteiger partial charge in [-0.15, -0.1) is 0 Å². The average Bonchev–Trinajstić information content (AvgIpc) is 3.04. The molecule has 1 saturated carbocycles. The molecule has 0 bridgehead atoms. The van der Waals surface area contributed by atoms with Crippen LogP contribution in [0, 0.1) is 6.92 Å². The summed E-state index contributed by atoms with van der Waals surface area (Å²) in [6.07, 6.45) is 3.23. The zero-order valence-electron chi connectivity index (χ0n) is 12.5. The van der Waals surface area contributed by atoms with Gasteiger partial charge >= 0.3 is 5.97 Å². The topological polar surface area (TPSA) is 79.5 Å². The summed E-state index contributed by atoms with van der Waals surface area (Å²) in [6.45, 7) is 1.98. The van der Waals surface area contributed by atoms with Crippen LogP contribution in [0.4, 0.5) is 0 Å². The summed E-state index contributed by atoms with van der Waals surface area (Å²) in [5.74, 6) is -0.989. The summed E-state index contributed by atoms with van der Waals surface area (Å²) < 4.78 is 5.59. The Morgan fingerprint density at radius 2 is 2.00 bits per heavy atom. The Hall–Kier alpha value is -2.30. The van der Waals surface area contributed by atoms with Gasteiger partial charge in [0.15, 0.2) is 5.76 Å². The lowest BCUT2D eigenvalue weighted by atomic mass is 9.93. The highest BCUT2D eigenvalue weighted by Gasteiger charge is 2.38. The second-order valence-electron chi connectivity index (χ2n) is 6.16. The van der Waals surface area contributed by atoms with E-state index in [0.29, 0.717) is 18.4 Å². The van der Waals surface area contributed by atoms with E-state index in [-0.39, 0.29) is 18.1 Å². The van der Waals surface area contributed by atoms with E-state index in [2.05, 4.69) is 5.32 Å². The van der Waals surface area contributed by atoms with E-state index in [4.69, 9.17) is 9.52 Å². The molecule has 1 fully saturated rings. The van der Waals surface area contributed by atoms with Crippen LogP contribution in [0.25, 0.3) is 11.0 Å². The molecule has 0 unspecified atom stereocenters. The highest BCUT2D eigenvalue weighted by Crippen LogP contribution is 2.33. The Morgan fingerprint density at radius 3 is 2.68 bits per heavy atom. The highest BCUT2D eigenvalue weighted by molar-refractivity contribution is 5.96. The number of hydrogen-bond donors (Lipinski definition) is 2. The fourth-order valence-corrected chi connectivity index (χ4v) is 3.26. The fourth-order valence-electron chi connectivity index (χ4n) is 3.26. The van der Waals surface area contributed by atoms with E-state index in [1.807, 2.05) is 25.1 Å². The molecule has 0 atom stereocenters. The monoisotopic (exact) mass is 301 g/mol. The van der Waals surface area contributed by atoms with E-state index >= 15 is 0 Å². The van der Waals surface area contributed by atoms with Crippen molar-refractivity contribution < 1.29 is 19.1 Å². The molecule has 0 spiro atoms. The summed E-state index contributed by atoms with van der Waals surface area (Å²) >= 11 is 0.